The first-order chi connectivity index (χ1) is 9.58. The van der Waals surface area contributed by atoms with Gasteiger partial charge in [0.15, 0.2) is 0 Å². The van der Waals surface area contributed by atoms with Crippen molar-refractivity contribution < 1.29 is 24.5 Å². The van der Waals surface area contributed by atoms with Crippen LogP contribution in [0.25, 0.3) is 0 Å². The molecule has 1 heterocycles. The van der Waals surface area contributed by atoms with E-state index in [2.05, 4.69) is 32.6 Å². The molecule has 0 aromatic heterocycles. The molecule has 21 heavy (non-hydrogen) atoms. The Bertz CT molecular complexity index is 374. The molecule has 1 aliphatic rings. The van der Waals surface area contributed by atoms with Crippen LogP contribution in [0.4, 0.5) is 0 Å². The SMILES string of the molecule is CC1(C)CC(OC(=O)CCC(=O)O)CC(C)(C)N1CCO. The molecule has 0 aromatic carbocycles. The summed E-state index contributed by atoms with van der Waals surface area (Å²) in [4.78, 5) is 24.4. The molecule has 0 unspecified atom stereocenters. The van der Waals surface area contributed by atoms with Crippen molar-refractivity contribution in [1.29, 1.82) is 0 Å². The van der Waals surface area contributed by atoms with E-state index in [0.717, 1.165) is 0 Å². The summed E-state index contributed by atoms with van der Waals surface area (Å²) in [6.07, 6.45) is 0.846. The van der Waals surface area contributed by atoms with E-state index < -0.39 is 11.9 Å². The summed E-state index contributed by atoms with van der Waals surface area (Å²) >= 11 is 0. The van der Waals surface area contributed by atoms with Crippen LogP contribution in [0.5, 0.6) is 0 Å². The average Bonchev–Trinajstić information content (AvgIpc) is 2.30. The number of hydrogen-bond donors (Lipinski definition) is 2. The maximum absolute atomic E-state index is 11.7. The van der Waals surface area contributed by atoms with Gasteiger partial charge < -0.3 is 14.9 Å². The van der Waals surface area contributed by atoms with E-state index in [1.54, 1.807) is 0 Å². The number of aliphatic carboxylic acids is 1. The standard InChI is InChI=1S/C15H27NO5/c1-14(2)9-11(21-13(20)6-5-12(18)19)10-15(3,4)16(14)7-8-17/h11,17H,5-10H2,1-4H3,(H,18,19). The Labute approximate surface area is 126 Å². The maximum atomic E-state index is 11.7. The highest BCUT2D eigenvalue weighted by Gasteiger charge is 2.46. The number of piperidine rings is 1. The average molecular weight is 301 g/mol. The number of carboxylic acid groups (broad SMARTS) is 1. The molecule has 0 spiro atoms. The molecule has 2 N–H and O–H groups in total. The van der Waals surface area contributed by atoms with Crippen LogP contribution < -0.4 is 0 Å². The first kappa shape index (κ1) is 17.9. The van der Waals surface area contributed by atoms with Crippen LogP contribution in [0, 0.1) is 0 Å². The number of nitrogens with zero attached hydrogens (tertiary/aromatic N) is 1. The third-order valence-corrected chi connectivity index (χ3v) is 4.08. The van der Waals surface area contributed by atoms with Crippen LogP contribution in [0.1, 0.15) is 53.4 Å². The highest BCUT2D eigenvalue weighted by molar-refractivity contribution is 5.76. The molecule has 6 heteroatoms. The number of aliphatic hydroxyl groups is 1. The van der Waals surface area contributed by atoms with Gasteiger partial charge in [-0.25, -0.2) is 0 Å². The van der Waals surface area contributed by atoms with Crippen molar-refractivity contribution in [2.75, 3.05) is 13.2 Å². The number of β-amino-alcohol motifs (C(OH)–C–C–N with tert-alkyl or cyclic N) is 1. The van der Waals surface area contributed by atoms with E-state index in [-0.39, 0.29) is 36.6 Å². The van der Waals surface area contributed by atoms with E-state index in [0.29, 0.717) is 19.4 Å². The minimum Gasteiger partial charge on any atom is -0.481 e. The number of carbonyl (C=O) groups excluding carboxylic acids is 1. The van der Waals surface area contributed by atoms with E-state index in [9.17, 15) is 14.7 Å². The van der Waals surface area contributed by atoms with Crippen LogP contribution >= 0.6 is 0 Å². The molecule has 0 amide bonds. The topological polar surface area (TPSA) is 87.1 Å². The van der Waals surface area contributed by atoms with Gasteiger partial charge in [-0.05, 0) is 27.7 Å². The summed E-state index contributed by atoms with van der Waals surface area (Å²) < 4.78 is 5.45. The van der Waals surface area contributed by atoms with Gasteiger partial charge in [0.1, 0.15) is 6.10 Å². The minimum absolute atomic E-state index is 0.0902. The Kier molecular flexibility index (Phi) is 5.75. The summed E-state index contributed by atoms with van der Waals surface area (Å²) in [5, 5.41) is 17.8. The van der Waals surface area contributed by atoms with Crippen molar-refractivity contribution in [3.05, 3.63) is 0 Å². The number of likely N-dealkylation sites (tertiary alicyclic amines) is 1. The molecule has 0 bridgehead atoms. The van der Waals surface area contributed by atoms with E-state index in [1.165, 1.54) is 0 Å². The van der Waals surface area contributed by atoms with Crippen LogP contribution in [0.15, 0.2) is 0 Å². The lowest BCUT2D eigenvalue weighted by atomic mass is 9.78. The van der Waals surface area contributed by atoms with Crippen molar-refractivity contribution in [3.63, 3.8) is 0 Å². The van der Waals surface area contributed by atoms with Gasteiger partial charge in [-0.3, -0.25) is 14.5 Å². The predicted molar refractivity (Wildman–Crippen MR) is 77.9 cm³/mol. The van der Waals surface area contributed by atoms with E-state index in [1.807, 2.05) is 0 Å². The number of hydrogen-bond acceptors (Lipinski definition) is 5. The fraction of sp³-hybridized carbons (Fsp3) is 0.867. The summed E-state index contributed by atoms with van der Waals surface area (Å²) in [7, 11) is 0. The number of carbonyl (C=O) groups is 2. The van der Waals surface area contributed by atoms with Gasteiger partial charge in [-0.1, -0.05) is 0 Å². The lowest BCUT2D eigenvalue weighted by Gasteiger charge is -2.54. The normalized spacial score (nSPS) is 22.0. The molecule has 1 aliphatic heterocycles. The van der Waals surface area contributed by atoms with Crippen LogP contribution in [0.2, 0.25) is 0 Å². The molecule has 1 saturated heterocycles. The Morgan fingerprint density at radius 3 is 2.10 bits per heavy atom. The third kappa shape index (κ3) is 4.97. The second-order valence-electron chi connectivity index (χ2n) is 6.91. The Morgan fingerprint density at radius 2 is 1.67 bits per heavy atom. The number of aliphatic hydroxyl groups excluding tert-OH is 1. The van der Waals surface area contributed by atoms with Gasteiger partial charge in [-0.2, -0.15) is 0 Å². The zero-order chi connectivity index (χ0) is 16.3. The smallest absolute Gasteiger partial charge is 0.306 e. The zero-order valence-electron chi connectivity index (χ0n) is 13.4. The first-order valence-corrected chi connectivity index (χ1v) is 7.38. The molecule has 1 fully saturated rings. The Hall–Kier alpha value is -1.14. The fourth-order valence-corrected chi connectivity index (χ4v) is 3.47. The van der Waals surface area contributed by atoms with Crippen molar-refractivity contribution in [3.8, 4) is 0 Å². The van der Waals surface area contributed by atoms with Crippen LogP contribution in [-0.4, -0.2) is 57.4 Å². The van der Waals surface area contributed by atoms with Crippen LogP contribution in [-0.2, 0) is 14.3 Å². The lowest BCUT2D eigenvalue weighted by Crippen LogP contribution is -2.62. The number of rotatable bonds is 6. The van der Waals surface area contributed by atoms with Crippen molar-refractivity contribution in [2.24, 2.45) is 0 Å². The van der Waals surface area contributed by atoms with Crippen molar-refractivity contribution in [2.45, 2.75) is 70.6 Å². The largest absolute Gasteiger partial charge is 0.481 e. The minimum atomic E-state index is -0.995. The zero-order valence-corrected chi connectivity index (χ0v) is 13.4. The third-order valence-electron chi connectivity index (χ3n) is 4.08. The quantitative estimate of drug-likeness (QED) is 0.721. The number of carboxylic acids is 1. The molecule has 1 rings (SSSR count). The van der Waals surface area contributed by atoms with Gasteiger partial charge in [0.2, 0.25) is 0 Å². The van der Waals surface area contributed by atoms with Crippen LogP contribution in [0.3, 0.4) is 0 Å². The molecule has 122 valence electrons. The van der Waals surface area contributed by atoms with Gasteiger partial charge in [0.05, 0.1) is 19.4 Å². The molecule has 0 saturated carbocycles. The summed E-state index contributed by atoms with van der Waals surface area (Å²) in [6, 6.07) is 0. The number of esters is 1. The molecular weight excluding hydrogens is 274 g/mol. The monoisotopic (exact) mass is 301 g/mol. The summed E-state index contributed by atoms with van der Waals surface area (Å²) in [5.41, 5.74) is -0.384. The van der Waals surface area contributed by atoms with Crippen molar-refractivity contribution >= 4 is 11.9 Å². The molecule has 6 nitrogen and oxygen atoms in total. The Balaban J connectivity index is 2.68. The van der Waals surface area contributed by atoms with E-state index in [4.69, 9.17) is 9.84 Å². The van der Waals surface area contributed by atoms with Gasteiger partial charge in [0.25, 0.3) is 0 Å². The van der Waals surface area contributed by atoms with E-state index >= 15 is 0 Å². The highest BCUT2D eigenvalue weighted by atomic mass is 16.5. The predicted octanol–water partition coefficient (Wildman–Crippen LogP) is 1.41. The summed E-state index contributed by atoms with van der Waals surface area (Å²) in [5.74, 6) is -1.45. The highest BCUT2D eigenvalue weighted by Crippen LogP contribution is 2.39. The number of ether oxygens (including phenoxy) is 1. The maximum Gasteiger partial charge on any atom is 0.306 e. The first-order valence-electron chi connectivity index (χ1n) is 7.38. The van der Waals surface area contributed by atoms with Crippen molar-refractivity contribution in [1.82, 2.24) is 4.90 Å². The van der Waals surface area contributed by atoms with Gasteiger partial charge >= 0.3 is 11.9 Å². The molecular formula is C15H27NO5. The molecule has 0 radical (unpaired) electrons. The fourth-order valence-electron chi connectivity index (χ4n) is 3.47. The molecule has 0 aromatic rings. The molecule has 0 atom stereocenters. The second-order valence-corrected chi connectivity index (χ2v) is 6.91. The van der Waals surface area contributed by atoms with Gasteiger partial charge in [-0.15, -0.1) is 0 Å². The lowest BCUT2D eigenvalue weighted by molar-refractivity contribution is -0.162. The van der Waals surface area contributed by atoms with Gasteiger partial charge in [0, 0.05) is 30.5 Å². The summed E-state index contributed by atoms with van der Waals surface area (Å²) in [6.45, 7) is 8.96. The second kappa shape index (κ2) is 6.75. The molecule has 0 aliphatic carbocycles. The Morgan fingerprint density at radius 1 is 1.14 bits per heavy atom.